The van der Waals surface area contributed by atoms with Gasteiger partial charge in [-0.25, -0.2) is 39.3 Å². The van der Waals surface area contributed by atoms with E-state index in [1.165, 1.54) is 23.2 Å². The van der Waals surface area contributed by atoms with Crippen LogP contribution in [0.2, 0.25) is 0 Å². The smallest absolute Gasteiger partial charge is 0.279 e. The Morgan fingerprint density at radius 3 is 1.45 bits per heavy atom. The highest BCUT2D eigenvalue weighted by Crippen LogP contribution is 2.37. The van der Waals surface area contributed by atoms with Gasteiger partial charge in [0.05, 0.1) is 45.4 Å². The number of carbonyl (C=O) groups is 1. The summed E-state index contributed by atoms with van der Waals surface area (Å²) >= 11 is 10.1. The molecule has 29 heteroatoms. The van der Waals surface area contributed by atoms with Crippen LogP contribution in [0.1, 0.15) is 107 Å². The maximum atomic E-state index is 12.4. The van der Waals surface area contributed by atoms with Crippen molar-refractivity contribution in [1.29, 1.82) is 0 Å². The molecule has 0 unspecified atom stereocenters. The summed E-state index contributed by atoms with van der Waals surface area (Å²) in [5, 5.41) is 20.7. The average Bonchev–Trinajstić information content (AvgIpc) is 3.58. The molecule has 5 N–H and O–H groups in total. The Kier molecular flexibility index (Phi) is 26.1. The molecule has 1 saturated heterocycles. The number of carbonyl (C=O) groups excluding carboxylic acids is 1. The molecule has 0 aromatic carbocycles. The number of ether oxygens (including phenoxy) is 2. The van der Waals surface area contributed by atoms with Crippen molar-refractivity contribution in [1.82, 2.24) is 52.9 Å². The van der Waals surface area contributed by atoms with Crippen molar-refractivity contribution < 1.29 is 31.1 Å². The largest absolute Gasteiger partial charge is 0.383 e. The van der Waals surface area contributed by atoms with Crippen LogP contribution in [-0.4, -0.2) is 166 Å². The maximum Gasteiger partial charge on any atom is 0.279 e. The number of anilines is 3. The Morgan fingerprint density at radius 2 is 1.02 bits per heavy atom. The number of hydrogen-bond donors (Lipinski definition) is 5. The van der Waals surface area contributed by atoms with Gasteiger partial charge in [-0.3, -0.25) is 4.79 Å². The SMILES string of the molecule is COCCN(C=O)[C@H]1CC[C@H](CNc2nc(-c3nc(C)sc3C)cs2)CC1.Cc1nc(-c2cnc(NC[C@H]3CC[C@H](CNS(=O)(=O)N(C)C)CC3)s2)c(C)s1.Cc1nc(-c2csc(NC[C@H]3CC[C@H](CNS(=O)(=O)N4CCOCC4)CC3)n2)c(C)s1. The summed E-state index contributed by atoms with van der Waals surface area (Å²) in [6.45, 7) is 19.3. The predicted octanol–water partition coefficient (Wildman–Crippen LogP) is 10.7. The second-order valence-electron chi connectivity index (χ2n) is 22.9. The van der Waals surface area contributed by atoms with Crippen molar-refractivity contribution in [3.8, 4) is 33.3 Å². The van der Waals surface area contributed by atoms with E-state index in [-0.39, 0.29) is 0 Å². The van der Waals surface area contributed by atoms with Crippen molar-refractivity contribution in [2.45, 2.75) is 125 Å². The molecule has 0 radical (unpaired) electrons. The third-order valence-corrected chi connectivity index (χ3v) is 24.7. The Hall–Kier alpha value is -3.69. The lowest BCUT2D eigenvalue weighted by molar-refractivity contribution is -0.121. The molecule has 0 bridgehead atoms. The summed E-state index contributed by atoms with van der Waals surface area (Å²) in [5.41, 5.74) is 4.96. The molecule has 3 saturated carbocycles. The number of aromatic nitrogens is 6. The number of rotatable bonds is 25. The van der Waals surface area contributed by atoms with Gasteiger partial charge in [-0.1, -0.05) is 11.3 Å². The van der Waals surface area contributed by atoms with Gasteiger partial charge in [-0.15, -0.1) is 56.7 Å². The first kappa shape index (κ1) is 68.2. The fourth-order valence-electron chi connectivity index (χ4n) is 11.3. The van der Waals surface area contributed by atoms with E-state index >= 15 is 0 Å². The molecule has 0 spiro atoms. The molecule has 7 heterocycles. The molecule has 1 amide bonds. The third-order valence-electron chi connectivity index (χ3n) is 16.4. The Balaban J connectivity index is 0.000000168. The number of morpholine rings is 1. The molecular formula is C57H88N14O7S8. The standard InChI is InChI=1S/C20H31N5O3S3.C19H28N4O2S2.C18H29N5O2S3/c1-14-19(23-15(2)30-14)18-13-29-20(24-18)21-11-16-3-5-17(6-4-16)12-22-31(26,27)25-7-9-28-10-8-25;1-13-18(21-14(2)27-13)17-11-26-19(22-17)20-10-15-4-6-16(7-5-15)23(12-24)8-9-25-3;1-12-17(22-13(2)26-12)16-11-20-18(27-16)19-9-14-5-7-15(8-6-14)10-21-28(24,25)23(3)4/h13,16-17,22H,3-12H2,1-2H3,(H,21,24);11-12,15-16H,4-10H2,1-3H3,(H,20,22);11,14-15,21H,5-10H2,1-4H3,(H,19,20)/t16-,17-;15-,16-;14-,15-. The van der Waals surface area contributed by atoms with Crippen LogP contribution >= 0.6 is 68.0 Å². The van der Waals surface area contributed by atoms with E-state index in [1.54, 1.807) is 89.2 Å². The predicted molar refractivity (Wildman–Crippen MR) is 355 cm³/mol. The summed E-state index contributed by atoms with van der Waals surface area (Å²) in [4.78, 5) is 45.7. The van der Waals surface area contributed by atoms with E-state index in [0.717, 1.165) is 167 Å². The van der Waals surface area contributed by atoms with E-state index in [2.05, 4.69) is 76.9 Å². The Bertz CT molecular complexity index is 3260. The first-order chi connectivity index (χ1) is 41.2. The number of nitrogens with one attached hydrogen (secondary N) is 5. The number of thiazole rings is 6. The molecule has 6 aromatic heterocycles. The summed E-state index contributed by atoms with van der Waals surface area (Å²) in [6, 6.07) is 0.358. The first-order valence-electron chi connectivity index (χ1n) is 29.9. The molecule has 0 atom stereocenters. The molecular weight excluding hydrogens is 1250 g/mol. The maximum absolute atomic E-state index is 12.4. The molecule has 10 rings (SSSR count). The molecule has 6 aromatic rings. The molecule has 4 fully saturated rings. The Morgan fingerprint density at radius 1 is 0.593 bits per heavy atom. The molecule has 3 aliphatic carbocycles. The highest BCUT2D eigenvalue weighted by molar-refractivity contribution is 7.87. The van der Waals surface area contributed by atoms with Gasteiger partial charge in [-0.05, 0) is 148 Å². The number of hydrogen-bond acceptors (Lipinski definition) is 22. The molecule has 86 heavy (non-hydrogen) atoms. The fourth-order valence-corrected chi connectivity index (χ4v) is 18.1. The second-order valence-corrected chi connectivity index (χ2v) is 33.6. The lowest BCUT2D eigenvalue weighted by Crippen LogP contribution is -2.47. The summed E-state index contributed by atoms with van der Waals surface area (Å²) in [5.74, 6) is 2.68. The van der Waals surface area contributed by atoms with E-state index < -0.39 is 20.4 Å². The number of methoxy groups -OCH3 is 1. The molecule has 1 aliphatic heterocycles. The van der Waals surface area contributed by atoms with Gasteiger partial charge in [0.1, 0.15) is 22.8 Å². The van der Waals surface area contributed by atoms with E-state index in [4.69, 9.17) is 19.4 Å². The van der Waals surface area contributed by atoms with Crippen LogP contribution in [0.4, 0.5) is 15.4 Å². The van der Waals surface area contributed by atoms with Crippen LogP contribution in [0.3, 0.4) is 0 Å². The van der Waals surface area contributed by atoms with Gasteiger partial charge in [-0.2, -0.15) is 25.4 Å². The zero-order chi connectivity index (χ0) is 61.4. The molecule has 21 nitrogen and oxygen atoms in total. The van der Waals surface area contributed by atoms with Gasteiger partial charge in [0.25, 0.3) is 20.4 Å². The van der Waals surface area contributed by atoms with Crippen molar-refractivity contribution in [2.24, 2.45) is 29.6 Å². The average molecular weight is 1340 g/mol. The van der Waals surface area contributed by atoms with Gasteiger partial charge >= 0.3 is 0 Å². The highest BCUT2D eigenvalue weighted by atomic mass is 32.2. The summed E-state index contributed by atoms with van der Waals surface area (Å²) < 4.78 is 67.0. The lowest BCUT2D eigenvalue weighted by atomic mass is 9.82. The van der Waals surface area contributed by atoms with E-state index in [0.29, 0.717) is 88.2 Å². The second kappa shape index (κ2) is 32.9. The van der Waals surface area contributed by atoms with Crippen LogP contribution in [0.5, 0.6) is 0 Å². The summed E-state index contributed by atoms with van der Waals surface area (Å²) in [6.07, 6.45) is 16.0. The number of amides is 1. The third kappa shape index (κ3) is 20.2. The van der Waals surface area contributed by atoms with Crippen molar-refractivity contribution in [3.63, 3.8) is 0 Å². The van der Waals surface area contributed by atoms with Crippen molar-refractivity contribution in [3.05, 3.63) is 46.6 Å². The van der Waals surface area contributed by atoms with Gasteiger partial charge in [0.15, 0.2) is 15.4 Å². The van der Waals surface area contributed by atoms with Crippen molar-refractivity contribution >= 4 is 110 Å². The lowest BCUT2D eigenvalue weighted by Gasteiger charge is -2.34. The first-order valence-corrected chi connectivity index (χ1v) is 37.8. The molecule has 4 aliphatic rings. The van der Waals surface area contributed by atoms with Crippen LogP contribution in [0, 0.1) is 71.1 Å². The van der Waals surface area contributed by atoms with Gasteiger partial charge in [0, 0.05) is 111 Å². The van der Waals surface area contributed by atoms with Crippen LogP contribution < -0.4 is 25.4 Å². The minimum absolute atomic E-state index is 0.358. The Labute approximate surface area is 533 Å². The number of aryl methyl sites for hydroxylation is 6. The van der Waals surface area contributed by atoms with Gasteiger partial charge < -0.3 is 30.3 Å². The zero-order valence-corrected chi connectivity index (χ0v) is 57.7. The van der Waals surface area contributed by atoms with Crippen molar-refractivity contribution in [2.75, 3.05) is 109 Å². The monoisotopic (exact) mass is 1340 g/mol. The minimum atomic E-state index is -3.39. The topological polar surface area (TPSA) is 251 Å². The normalized spacial score (nSPS) is 21.3. The summed E-state index contributed by atoms with van der Waals surface area (Å²) in [7, 11) is -1.94. The van der Waals surface area contributed by atoms with Crippen LogP contribution in [0.25, 0.3) is 33.3 Å². The highest BCUT2D eigenvalue weighted by Gasteiger charge is 2.29. The minimum Gasteiger partial charge on any atom is -0.383 e. The quantitative estimate of drug-likeness (QED) is 0.0334. The van der Waals surface area contributed by atoms with Crippen LogP contribution in [0.15, 0.2) is 17.0 Å². The van der Waals surface area contributed by atoms with Crippen LogP contribution in [-0.2, 0) is 34.7 Å². The van der Waals surface area contributed by atoms with Gasteiger partial charge in [0.2, 0.25) is 6.41 Å². The zero-order valence-electron chi connectivity index (χ0n) is 51.2. The number of nitrogens with zero attached hydrogens (tertiary/aromatic N) is 9. The fraction of sp³-hybridized carbons (Fsp3) is 0.667. The van der Waals surface area contributed by atoms with E-state index in [1.807, 2.05) is 31.9 Å². The van der Waals surface area contributed by atoms with E-state index in [9.17, 15) is 21.6 Å². The molecule has 476 valence electrons.